The van der Waals surface area contributed by atoms with Crippen LogP contribution in [-0.2, 0) is 4.79 Å². The zero-order chi connectivity index (χ0) is 15.4. The first-order valence-corrected chi connectivity index (χ1v) is 8.20. The van der Waals surface area contributed by atoms with Crippen LogP contribution in [-0.4, -0.2) is 47.7 Å². The van der Waals surface area contributed by atoms with E-state index in [1.165, 1.54) is 25.7 Å². The van der Waals surface area contributed by atoms with E-state index in [9.17, 15) is 9.90 Å². The van der Waals surface area contributed by atoms with E-state index in [0.717, 1.165) is 26.1 Å². The number of nitrogens with zero attached hydrogens (tertiary/aromatic N) is 1. The highest BCUT2D eigenvalue weighted by Gasteiger charge is 2.31. The quantitative estimate of drug-likeness (QED) is 0.546. The van der Waals surface area contributed by atoms with Gasteiger partial charge in [-0.1, -0.05) is 33.6 Å². The molecule has 0 aromatic rings. The molecule has 1 atom stereocenters. The van der Waals surface area contributed by atoms with E-state index in [-0.39, 0.29) is 0 Å². The molecule has 4 nitrogen and oxygen atoms in total. The lowest BCUT2D eigenvalue weighted by molar-refractivity contribution is -0.144. The molecule has 0 aliphatic carbocycles. The second kappa shape index (κ2) is 11.1. The standard InChI is InChI=1S/C16H34N2O2/c1-5-8-12-18(13-9-6-2)14-10-11-16(4,15(19)20)17-7-3/h17H,5-14H2,1-4H3,(H,19,20). The second-order valence-corrected chi connectivity index (χ2v) is 5.82. The molecular weight excluding hydrogens is 252 g/mol. The third kappa shape index (κ3) is 7.85. The number of hydrogen-bond acceptors (Lipinski definition) is 3. The molecule has 120 valence electrons. The number of likely N-dealkylation sites (N-methyl/N-ethyl adjacent to an activating group) is 1. The van der Waals surface area contributed by atoms with E-state index in [0.29, 0.717) is 13.0 Å². The van der Waals surface area contributed by atoms with Gasteiger partial charge >= 0.3 is 5.97 Å². The molecule has 0 heterocycles. The molecule has 0 rings (SSSR count). The topological polar surface area (TPSA) is 52.6 Å². The molecule has 2 N–H and O–H groups in total. The van der Waals surface area contributed by atoms with Gasteiger partial charge in [0.15, 0.2) is 0 Å². The average Bonchev–Trinajstić information content (AvgIpc) is 2.41. The van der Waals surface area contributed by atoms with Gasteiger partial charge in [-0.25, -0.2) is 0 Å². The molecule has 0 spiro atoms. The minimum atomic E-state index is -0.782. The maximum atomic E-state index is 11.4. The van der Waals surface area contributed by atoms with Gasteiger partial charge in [-0.05, 0) is 58.8 Å². The van der Waals surface area contributed by atoms with Gasteiger partial charge in [-0.2, -0.15) is 0 Å². The monoisotopic (exact) mass is 286 g/mol. The third-order valence-corrected chi connectivity index (χ3v) is 3.85. The molecule has 0 saturated carbocycles. The van der Waals surface area contributed by atoms with E-state index >= 15 is 0 Å². The smallest absolute Gasteiger partial charge is 0.323 e. The number of carboxylic acid groups (broad SMARTS) is 1. The first-order chi connectivity index (χ1) is 9.50. The number of aliphatic carboxylic acids is 1. The Kier molecular flexibility index (Phi) is 10.8. The fourth-order valence-electron chi connectivity index (χ4n) is 2.42. The summed E-state index contributed by atoms with van der Waals surface area (Å²) in [4.78, 5) is 13.8. The highest BCUT2D eigenvalue weighted by molar-refractivity contribution is 5.78. The number of nitrogens with one attached hydrogen (secondary N) is 1. The van der Waals surface area contributed by atoms with Crippen molar-refractivity contribution in [3.8, 4) is 0 Å². The molecule has 0 fully saturated rings. The van der Waals surface area contributed by atoms with Crippen LogP contribution in [0.5, 0.6) is 0 Å². The Morgan fingerprint density at radius 3 is 1.95 bits per heavy atom. The molecule has 0 aromatic carbocycles. The Hall–Kier alpha value is -0.610. The largest absolute Gasteiger partial charge is 0.480 e. The van der Waals surface area contributed by atoms with E-state index in [4.69, 9.17) is 0 Å². The predicted molar refractivity (Wildman–Crippen MR) is 85.2 cm³/mol. The lowest BCUT2D eigenvalue weighted by atomic mass is 9.95. The Morgan fingerprint density at radius 2 is 1.55 bits per heavy atom. The summed E-state index contributed by atoms with van der Waals surface area (Å²) in [6.07, 6.45) is 6.51. The summed E-state index contributed by atoms with van der Waals surface area (Å²) in [7, 11) is 0. The van der Waals surface area contributed by atoms with Gasteiger partial charge in [0.05, 0.1) is 0 Å². The molecule has 0 aromatic heterocycles. The van der Waals surface area contributed by atoms with Crippen molar-refractivity contribution in [2.24, 2.45) is 0 Å². The maximum Gasteiger partial charge on any atom is 0.323 e. The van der Waals surface area contributed by atoms with Crippen molar-refractivity contribution >= 4 is 5.97 Å². The van der Waals surface area contributed by atoms with Crippen molar-refractivity contribution in [2.75, 3.05) is 26.2 Å². The number of carboxylic acids is 1. The summed E-state index contributed by atoms with van der Waals surface area (Å²) in [6, 6.07) is 0. The summed E-state index contributed by atoms with van der Waals surface area (Å²) in [6.45, 7) is 12.2. The summed E-state index contributed by atoms with van der Waals surface area (Å²) in [5.41, 5.74) is -0.782. The average molecular weight is 286 g/mol. The van der Waals surface area contributed by atoms with E-state index in [1.807, 2.05) is 6.92 Å². The summed E-state index contributed by atoms with van der Waals surface area (Å²) < 4.78 is 0. The van der Waals surface area contributed by atoms with Gasteiger partial charge in [0.2, 0.25) is 0 Å². The van der Waals surface area contributed by atoms with Crippen LogP contribution in [0.3, 0.4) is 0 Å². The molecule has 0 radical (unpaired) electrons. The number of unbranched alkanes of at least 4 members (excludes halogenated alkanes) is 2. The fourth-order valence-corrected chi connectivity index (χ4v) is 2.42. The second-order valence-electron chi connectivity index (χ2n) is 5.82. The van der Waals surface area contributed by atoms with Crippen LogP contribution in [0.15, 0.2) is 0 Å². The van der Waals surface area contributed by atoms with E-state index in [1.54, 1.807) is 6.92 Å². The van der Waals surface area contributed by atoms with Gasteiger partial charge in [0, 0.05) is 0 Å². The molecule has 0 bridgehead atoms. The van der Waals surface area contributed by atoms with Crippen LogP contribution in [0.2, 0.25) is 0 Å². The van der Waals surface area contributed by atoms with Crippen molar-refractivity contribution in [3.05, 3.63) is 0 Å². The van der Waals surface area contributed by atoms with E-state index < -0.39 is 11.5 Å². The predicted octanol–water partition coefficient (Wildman–Crippen LogP) is 3.12. The molecule has 0 aliphatic heterocycles. The van der Waals surface area contributed by atoms with Crippen molar-refractivity contribution in [1.82, 2.24) is 10.2 Å². The minimum absolute atomic E-state index is 0.685. The zero-order valence-electron chi connectivity index (χ0n) is 13.9. The highest BCUT2D eigenvalue weighted by atomic mass is 16.4. The molecule has 0 saturated heterocycles. The minimum Gasteiger partial charge on any atom is -0.480 e. The SMILES string of the molecule is CCCCN(CCCC)CCCC(C)(NCC)C(=O)O. The van der Waals surface area contributed by atoms with Crippen LogP contribution in [0, 0.1) is 0 Å². The van der Waals surface area contributed by atoms with Gasteiger partial charge in [-0.3, -0.25) is 4.79 Å². The van der Waals surface area contributed by atoms with Crippen molar-refractivity contribution in [2.45, 2.75) is 71.8 Å². The van der Waals surface area contributed by atoms with Crippen molar-refractivity contribution in [1.29, 1.82) is 0 Å². The summed E-state index contributed by atoms with van der Waals surface area (Å²) >= 11 is 0. The first-order valence-electron chi connectivity index (χ1n) is 8.20. The number of rotatable bonds is 13. The van der Waals surface area contributed by atoms with Crippen LogP contribution in [0.25, 0.3) is 0 Å². The Morgan fingerprint density at radius 1 is 1.05 bits per heavy atom. The maximum absolute atomic E-state index is 11.4. The normalized spacial score (nSPS) is 14.4. The van der Waals surface area contributed by atoms with E-state index in [2.05, 4.69) is 24.1 Å². The molecule has 1 unspecified atom stereocenters. The number of carbonyl (C=O) groups is 1. The lowest BCUT2D eigenvalue weighted by Gasteiger charge is -2.28. The zero-order valence-corrected chi connectivity index (χ0v) is 13.9. The summed E-state index contributed by atoms with van der Waals surface area (Å²) in [5.74, 6) is -0.743. The molecule has 20 heavy (non-hydrogen) atoms. The Balaban J connectivity index is 4.20. The van der Waals surface area contributed by atoms with Gasteiger partial charge in [-0.15, -0.1) is 0 Å². The Labute approximate surface area is 124 Å². The van der Waals surface area contributed by atoms with Gasteiger partial charge < -0.3 is 15.3 Å². The lowest BCUT2D eigenvalue weighted by Crippen LogP contribution is -2.49. The third-order valence-electron chi connectivity index (χ3n) is 3.85. The van der Waals surface area contributed by atoms with Gasteiger partial charge in [0.1, 0.15) is 5.54 Å². The summed E-state index contributed by atoms with van der Waals surface area (Å²) in [5, 5.41) is 12.4. The fraction of sp³-hybridized carbons (Fsp3) is 0.938. The van der Waals surface area contributed by atoms with Crippen LogP contribution in [0.1, 0.15) is 66.2 Å². The highest BCUT2D eigenvalue weighted by Crippen LogP contribution is 2.14. The van der Waals surface area contributed by atoms with Crippen LogP contribution < -0.4 is 5.32 Å². The molecule has 0 aliphatic rings. The van der Waals surface area contributed by atoms with Gasteiger partial charge in [0.25, 0.3) is 0 Å². The van der Waals surface area contributed by atoms with Crippen molar-refractivity contribution < 1.29 is 9.90 Å². The van der Waals surface area contributed by atoms with Crippen LogP contribution >= 0.6 is 0 Å². The first kappa shape index (κ1) is 19.4. The molecule has 4 heteroatoms. The molecule has 0 amide bonds. The Bertz CT molecular complexity index is 251. The molecular formula is C16H34N2O2. The number of hydrogen-bond donors (Lipinski definition) is 2. The van der Waals surface area contributed by atoms with Crippen LogP contribution in [0.4, 0.5) is 0 Å². The van der Waals surface area contributed by atoms with Crippen molar-refractivity contribution in [3.63, 3.8) is 0 Å².